The SMILES string of the molecule is CCCCCc1ccc(-c2cc(F)c(OCc3ccc4c(F)c(C#CC(F)(F)F)c(F)cc4c3)c(F)c2)c(F)c1. The molecular weight excluding hydrogens is 540 g/mol. The van der Waals surface area contributed by atoms with Crippen molar-refractivity contribution in [3.05, 3.63) is 100 Å². The van der Waals surface area contributed by atoms with Crippen molar-refractivity contribution in [1.82, 2.24) is 0 Å². The zero-order valence-electron chi connectivity index (χ0n) is 21.2. The predicted octanol–water partition coefficient (Wildman–Crippen LogP) is 9.43. The van der Waals surface area contributed by atoms with Gasteiger partial charge >= 0.3 is 6.18 Å². The van der Waals surface area contributed by atoms with Gasteiger partial charge in [0.15, 0.2) is 17.4 Å². The zero-order valence-corrected chi connectivity index (χ0v) is 21.2. The van der Waals surface area contributed by atoms with Gasteiger partial charge in [-0.1, -0.05) is 50.0 Å². The fourth-order valence-corrected chi connectivity index (χ4v) is 4.25. The molecule has 0 amide bonds. The molecule has 0 bridgehead atoms. The summed E-state index contributed by atoms with van der Waals surface area (Å²) in [6, 6.07) is 11.0. The highest BCUT2D eigenvalue weighted by atomic mass is 19.4. The first kappa shape index (κ1) is 28.9. The highest BCUT2D eigenvalue weighted by Crippen LogP contribution is 2.32. The average Bonchev–Trinajstić information content (AvgIpc) is 2.87. The van der Waals surface area contributed by atoms with Gasteiger partial charge in [0, 0.05) is 16.9 Å². The molecule has 0 aliphatic heterocycles. The van der Waals surface area contributed by atoms with E-state index < -0.39 is 53.2 Å². The van der Waals surface area contributed by atoms with Gasteiger partial charge in [0.25, 0.3) is 0 Å². The van der Waals surface area contributed by atoms with Gasteiger partial charge in [-0.2, -0.15) is 13.2 Å². The normalized spacial score (nSPS) is 11.4. The van der Waals surface area contributed by atoms with Crippen molar-refractivity contribution in [2.45, 2.75) is 45.4 Å². The molecule has 0 heterocycles. The Kier molecular flexibility index (Phi) is 8.67. The first-order chi connectivity index (χ1) is 19.0. The molecule has 9 heteroatoms. The molecule has 0 aliphatic rings. The van der Waals surface area contributed by atoms with Gasteiger partial charge in [-0.25, -0.2) is 22.0 Å². The number of unbranched alkanes of at least 4 members (excludes halogenated alkanes) is 2. The molecule has 0 atom stereocenters. The van der Waals surface area contributed by atoms with Crippen LogP contribution in [-0.4, -0.2) is 6.18 Å². The van der Waals surface area contributed by atoms with E-state index in [1.165, 1.54) is 36.3 Å². The van der Waals surface area contributed by atoms with Crippen molar-refractivity contribution in [2.24, 2.45) is 0 Å². The van der Waals surface area contributed by atoms with E-state index in [0.29, 0.717) is 6.42 Å². The number of rotatable bonds is 8. The van der Waals surface area contributed by atoms with Crippen LogP contribution in [0, 0.1) is 40.9 Å². The molecule has 0 aliphatic carbocycles. The lowest BCUT2D eigenvalue weighted by Gasteiger charge is -2.12. The fourth-order valence-electron chi connectivity index (χ4n) is 4.25. The van der Waals surface area contributed by atoms with Crippen LogP contribution in [0.3, 0.4) is 0 Å². The first-order valence-corrected chi connectivity index (χ1v) is 12.4. The largest absolute Gasteiger partial charge is 0.483 e. The van der Waals surface area contributed by atoms with Crippen LogP contribution in [0.25, 0.3) is 21.9 Å². The maximum Gasteiger partial charge on any atom is 0.458 e. The summed E-state index contributed by atoms with van der Waals surface area (Å²) in [6.07, 6.45) is -1.29. The highest BCUT2D eigenvalue weighted by Gasteiger charge is 2.24. The van der Waals surface area contributed by atoms with Crippen LogP contribution in [0.15, 0.2) is 54.6 Å². The molecule has 0 unspecified atom stereocenters. The Morgan fingerprint density at radius 2 is 1.45 bits per heavy atom. The van der Waals surface area contributed by atoms with Gasteiger partial charge in [0.1, 0.15) is 24.1 Å². The molecule has 0 spiro atoms. The van der Waals surface area contributed by atoms with Crippen molar-refractivity contribution in [3.63, 3.8) is 0 Å². The number of hydrogen-bond acceptors (Lipinski definition) is 1. The minimum absolute atomic E-state index is 0.0129. The van der Waals surface area contributed by atoms with Crippen LogP contribution in [0.5, 0.6) is 5.75 Å². The molecule has 0 fully saturated rings. The molecule has 0 saturated carbocycles. The van der Waals surface area contributed by atoms with E-state index in [2.05, 4.69) is 6.92 Å². The quantitative estimate of drug-likeness (QED) is 0.118. The lowest BCUT2D eigenvalue weighted by atomic mass is 10.00. The van der Waals surface area contributed by atoms with Crippen LogP contribution in [0.2, 0.25) is 0 Å². The molecule has 4 rings (SSSR count). The summed E-state index contributed by atoms with van der Waals surface area (Å²) in [6.45, 7) is 1.66. The summed E-state index contributed by atoms with van der Waals surface area (Å²) in [5.41, 5.74) is 0.0485. The molecule has 4 aromatic rings. The Bertz CT molecular complexity index is 1590. The Morgan fingerprint density at radius 1 is 0.750 bits per heavy atom. The van der Waals surface area contributed by atoms with Crippen LogP contribution < -0.4 is 4.74 Å². The fraction of sp³-hybridized carbons (Fsp3) is 0.226. The number of benzene rings is 4. The second-order valence-electron chi connectivity index (χ2n) is 9.18. The molecule has 0 N–H and O–H groups in total. The van der Waals surface area contributed by atoms with Gasteiger partial charge in [-0.3, -0.25) is 0 Å². The van der Waals surface area contributed by atoms with Gasteiger partial charge in [0.2, 0.25) is 0 Å². The van der Waals surface area contributed by atoms with E-state index >= 15 is 0 Å². The highest BCUT2D eigenvalue weighted by molar-refractivity contribution is 5.85. The Morgan fingerprint density at radius 3 is 2.10 bits per heavy atom. The van der Waals surface area contributed by atoms with Crippen LogP contribution in [0.1, 0.15) is 42.9 Å². The minimum Gasteiger partial charge on any atom is -0.483 e. The number of ether oxygens (including phenoxy) is 1. The van der Waals surface area contributed by atoms with Gasteiger partial charge in [-0.15, -0.1) is 0 Å². The zero-order chi connectivity index (χ0) is 29.0. The van der Waals surface area contributed by atoms with Crippen LogP contribution in [0.4, 0.5) is 35.1 Å². The Hall–Kier alpha value is -4.06. The maximum absolute atomic E-state index is 14.8. The summed E-state index contributed by atoms with van der Waals surface area (Å²) in [7, 11) is 0. The average molecular weight is 563 g/mol. The molecule has 0 saturated heterocycles. The second-order valence-corrected chi connectivity index (χ2v) is 9.18. The van der Waals surface area contributed by atoms with Crippen molar-refractivity contribution in [3.8, 4) is 28.7 Å². The Labute approximate surface area is 225 Å². The molecule has 0 radical (unpaired) electrons. The number of alkyl halides is 3. The molecule has 4 aromatic carbocycles. The van der Waals surface area contributed by atoms with E-state index in [0.717, 1.165) is 48.9 Å². The number of hydrogen-bond donors (Lipinski definition) is 0. The molecule has 40 heavy (non-hydrogen) atoms. The van der Waals surface area contributed by atoms with Crippen molar-refractivity contribution in [1.29, 1.82) is 0 Å². The summed E-state index contributed by atoms with van der Waals surface area (Å²) < 4.78 is 115. The first-order valence-electron chi connectivity index (χ1n) is 12.4. The topological polar surface area (TPSA) is 9.23 Å². The Balaban J connectivity index is 1.53. The van der Waals surface area contributed by atoms with Crippen molar-refractivity contribution in [2.75, 3.05) is 0 Å². The predicted molar refractivity (Wildman–Crippen MR) is 136 cm³/mol. The summed E-state index contributed by atoms with van der Waals surface area (Å²) in [5, 5.41) is -0.213. The number of aryl methyl sites for hydroxylation is 1. The number of halogens is 8. The van der Waals surface area contributed by atoms with E-state index in [4.69, 9.17) is 4.74 Å². The lowest BCUT2D eigenvalue weighted by molar-refractivity contribution is -0.0696. The van der Waals surface area contributed by atoms with Crippen LogP contribution >= 0.6 is 0 Å². The third-order valence-corrected chi connectivity index (χ3v) is 6.22. The van der Waals surface area contributed by atoms with Crippen LogP contribution in [-0.2, 0) is 13.0 Å². The van der Waals surface area contributed by atoms with E-state index in [1.54, 1.807) is 6.07 Å². The molecule has 0 aromatic heterocycles. The summed E-state index contributed by atoms with van der Waals surface area (Å²) in [5.74, 6) is -3.76. The summed E-state index contributed by atoms with van der Waals surface area (Å²) >= 11 is 0. The van der Waals surface area contributed by atoms with Crippen molar-refractivity contribution < 1.29 is 39.9 Å². The van der Waals surface area contributed by atoms with Crippen molar-refractivity contribution >= 4 is 10.8 Å². The smallest absolute Gasteiger partial charge is 0.458 e. The molecular formula is C31H22F8O. The maximum atomic E-state index is 14.8. The van der Waals surface area contributed by atoms with E-state index in [1.807, 2.05) is 0 Å². The van der Waals surface area contributed by atoms with E-state index in [-0.39, 0.29) is 27.5 Å². The van der Waals surface area contributed by atoms with E-state index in [9.17, 15) is 35.1 Å². The standard InChI is InChI=1S/C31H22F8O/c1-2-3-4-5-18-6-8-22(25(32)13-18)21-15-27(34)30(28(35)16-21)40-17-19-7-9-23-20(12-19)14-26(33)24(29(23)36)10-11-31(37,38)39/h6-9,12-16H,2-5,17H2,1H3. The lowest BCUT2D eigenvalue weighted by Crippen LogP contribution is -2.03. The third kappa shape index (κ3) is 6.74. The third-order valence-electron chi connectivity index (χ3n) is 6.22. The molecule has 1 nitrogen and oxygen atoms in total. The second kappa shape index (κ2) is 12.0. The number of fused-ring (bicyclic) bond motifs is 1. The van der Waals surface area contributed by atoms with Gasteiger partial charge in [-0.05, 0) is 65.3 Å². The minimum atomic E-state index is -4.93. The summed E-state index contributed by atoms with van der Waals surface area (Å²) in [4.78, 5) is 0. The monoisotopic (exact) mass is 562 g/mol. The van der Waals surface area contributed by atoms with Gasteiger partial charge < -0.3 is 4.74 Å². The molecule has 208 valence electrons. The van der Waals surface area contributed by atoms with Gasteiger partial charge in [0.05, 0.1) is 5.56 Å².